The van der Waals surface area contributed by atoms with Crippen LogP contribution >= 0.6 is 0 Å². The summed E-state index contributed by atoms with van der Waals surface area (Å²) in [5.74, 6) is -1.50. The van der Waals surface area contributed by atoms with Crippen LogP contribution in [-0.4, -0.2) is 23.0 Å². The molecule has 1 amide bonds. The quantitative estimate of drug-likeness (QED) is 0.659. The molecule has 16 heavy (non-hydrogen) atoms. The van der Waals surface area contributed by atoms with Crippen molar-refractivity contribution < 1.29 is 14.7 Å². The number of nitrogens with two attached hydrogens (primary N) is 1. The summed E-state index contributed by atoms with van der Waals surface area (Å²) in [4.78, 5) is 22.3. The van der Waals surface area contributed by atoms with Crippen molar-refractivity contribution in [1.29, 1.82) is 0 Å². The maximum atomic E-state index is 11.7. The number of carboxylic acid groups (broad SMARTS) is 1. The maximum Gasteiger partial charge on any atom is 0.325 e. The van der Waals surface area contributed by atoms with Gasteiger partial charge in [0, 0.05) is 11.3 Å². The van der Waals surface area contributed by atoms with Crippen LogP contribution in [0.3, 0.4) is 0 Å². The molecule has 0 aromatic heterocycles. The Morgan fingerprint density at radius 3 is 2.62 bits per heavy atom. The summed E-state index contributed by atoms with van der Waals surface area (Å²) in [5.41, 5.74) is 7.21. The smallest absolute Gasteiger partial charge is 0.325 e. The Balaban J connectivity index is 2.89. The Bertz CT molecular complexity index is 429. The van der Waals surface area contributed by atoms with Crippen molar-refractivity contribution in [3.63, 3.8) is 0 Å². The lowest BCUT2D eigenvalue weighted by Gasteiger charge is -2.11. The van der Waals surface area contributed by atoms with Gasteiger partial charge in [-0.2, -0.15) is 0 Å². The van der Waals surface area contributed by atoms with Gasteiger partial charge in [-0.05, 0) is 31.5 Å². The van der Waals surface area contributed by atoms with Gasteiger partial charge in [0.25, 0.3) is 5.91 Å². The molecule has 0 saturated carbocycles. The number of benzene rings is 1. The van der Waals surface area contributed by atoms with Crippen LogP contribution in [0.4, 0.5) is 5.69 Å². The average molecular weight is 222 g/mol. The summed E-state index contributed by atoms with van der Waals surface area (Å²) in [7, 11) is 0. The van der Waals surface area contributed by atoms with Gasteiger partial charge in [0.15, 0.2) is 0 Å². The van der Waals surface area contributed by atoms with Gasteiger partial charge < -0.3 is 16.2 Å². The number of carboxylic acids is 1. The van der Waals surface area contributed by atoms with Crippen LogP contribution in [0.15, 0.2) is 18.2 Å². The number of hydrogen-bond donors (Lipinski definition) is 3. The van der Waals surface area contributed by atoms with Crippen LogP contribution in [0.25, 0.3) is 0 Å². The fourth-order valence-electron chi connectivity index (χ4n) is 1.24. The van der Waals surface area contributed by atoms with Gasteiger partial charge in [-0.25, -0.2) is 0 Å². The largest absolute Gasteiger partial charge is 0.480 e. The van der Waals surface area contributed by atoms with E-state index in [1.165, 1.54) is 6.92 Å². The number of hydrogen-bond acceptors (Lipinski definition) is 3. The number of rotatable bonds is 3. The Labute approximate surface area is 93.3 Å². The molecule has 0 aliphatic heterocycles. The van der Waals surface area contributed by atoms with Crippen molar-refractivity contribution in [2.45, 2.75) is 19.9 Å². The monoisotopic (exact) mass is 222 g/mol. The lowest BCUT2D eigenvalue weighted by Crippen LogP contribution is -2.38. The summed E-state index contributed by atoms with van der Waals surface area (Å²) in [6.07, 6.45) is 0. The van der Waals surface area contributed by atoms with Crippen LogP contribution in [0.2, 0.25) is 0 Å². The second-order valence-electron chi connectivity index (χ2n) is 3.55. The third-order valence-corrected chi connectivity index (χ3v) is 2.34. The molecule has 0 spiro atoms. The van der Waals surface area contributed by atoms with Gasteiger partial charge >= 0.3 is 5.97 Å². The van der Waals surface area contributed by atoms with E-state index in [4.69, 9.17) is 10.8 Å². The molecule has 5 heteroatoms. The molecule has 1 unspecified atom stereocenters. The van der Waals surface area contributed by atoms with Gasteiger partial charge in [-0.1, -0.05) is 6.07 Å². The van der Waals surface area contributed by atoms with Gasteiger partial charge in [-0.15, -0.1) is 0 Å². The van der Waals surface area contributed by atoms with E-state index in [0.717, 1.165) is 0 Å². The molecule has 0 bridgehead atoms. The molecule has 1 aromatic carbocycles. The van der Waals surface area contributed by atoms with Crippen molar-refractivity contribution in [3.8, 4) is 0 Å². The zero-order chi connectivity index (χ0) is 12.3. The van der Waals surface area contributed by atoms with E-state index >= 15 is 0 Å². The third-order valence-electron chi connectivity index (χ3n) is 2.34. The normalized spacial score (nSPS) is 11.9. The molecule has 1 atom stereocenters. The molecular formula is C11H14N2O3. The highest BCUT2D eigenvalue weighted by atomic mass is 16.4. The molecule has 1 aromatic rings. The van der Waals surface area contributed by atoms with Crippen molar-refractivity contribution >= 4 is 17.6 Å². The van der Waals surface area contributed by atoms with E-state index in [1.54, 1.807) is 25.1 Å². The van der Waals surface area contributed by atoms with Gasteiger partial charge in [0.1, 0.15) is 6.04 Å². The standard InChI is InChI=1S/C11H14N2O3/c1-6-8(4-3-5-9(6)12)10(14)13-7(2)11(15)16/h3-5,7H,12H2,1-2H3,(H,13,14)(H,15,16). The summed E-state index contributed by atoms with van der Waals surface area (Å²) >= 11 is 0. The fourth-order valence-corrected chi connectivity index (χ4v) is 1.24. The van der Waals surface area contributed by atoms with Crippen molar-refractivity contribution in [1.82, 2.24) is 5.32 Å². The Morgan fingerprint density at radius 1 is 1.44 bits per heavy atom. The first-order chi connectivity index (χ1) is 7.43. The van der Waals surface area contributed by atoms with Crippen molar-refractivity contribution in [3.05, 3.63) is 29.3 Å². The summed E-state index contributed by atoms with van der Waals surface area (Å²) in [5, 5.41) is 11.0. The molecule has 0 aliphatic rings. The highest BCUT2D eigenvalue weighted by Crippen LogP contribution is 2.15. The number of nitrogen functional groups attached to an aromatic ring is 1. The van der Waals surface area contributed by atoms with E-state index in [0.29, 0.717) is 16.8 Å². The van der Waals surface area contributed by atoms with Gasteiger partial charge in [0.2, 0.25) is 0 Å². The minimum atomic E-state index is -1.07. The molecule has 86 valence electrons. The molecular weight excluding hydrogens is 208 g/mol. The lowest BCUT2D eigenvalue weighted by molar-refractivity contribution is -0.138. The van der Waals surface area contributed by atoms with Gasteiger partial charge in [-0.3, -0.25) is 9.59 Å². The van der Waals surface area contributed by atoms with E-state index in [-0.39, 0.29) is 0 Å². The number of aliphatic carboxylic acids is 1. The highest BCUT2D eigenvalue weighted by Gasteiger charge is 2.16. The van der Waals surface area contributed by atoms with E-state index in [2.05, 4.69) is 5.32 Å². The molecule has 0 radical (unpaired) electrons. The van der Waals surface area contributed by atoms with Gasteiger partial charge in [0.05, 0.1) is 0 Å². The number of carbonyl (C=O) groups excluding carboxylic acids is 1. The van der Waals surface area contributed by atoms with Crippen LogP contribution < -0.4 is 11.1 Å². The number of amides is 1. The highest BCUT2D eigenvalue weighted by molar-refractivity contribution is 5.98. The second kappa shape index (κ2) is 4.65. The molecule has 0 aliphatic carbocycles. The predicted octanol–water partition coefficient (Wildman–Crippen LogP) is 0.780. The van der Waals surface area contributed by atoms with E-state index < -0.39 is 17.9 Å². The zero-order valence-electron chi connectivity index (χ0n) is 9.15. The lowest BCUT2D eigenvalue weighted by atomic mass is 10.1. The number of carbonyl (C=O) groups is 2. The minimum Gasteiger partial charge on any atom is -0.480 e. The van der Waals surface area contributed by atoms with Crippen LogP contribution in [0, 0.1) is 6.92 Å². The molecule has 5 nitrogen and oxygen atoms in total. The SMILES string of the molecule is Cc1c(N)cccc1C(=O)NC(C)C(=O)O. The average Bonchev–Trinajstić information content (AvgIpc) is 2.21. The zero-order valence-corrected chi connectivity index (χ0v) is 9.15. The third kappa shape index (κ3) is 2.50. The Morgan fingerprint density at radius 2 is 2.06 bits per heavy atom. The maximum absolute atomic E-state index is 11.7. The summed E-state index contributed by atoms with van der Waals surface area (Å²) in [6.45, 7) is 3.12. The molecule has 0 fully saturated rings. The summed E-state index contributed by atoms with van der Waals surface area (Å²) < 4.78 is 0. The Hall–Kier alpha value is -2.04. The van der Waals surface area contributed by atoms with Crippen LogP contribution in [-0.2, 0) is 4.79 Å². The minimum absolute atomic E-state index is 0.396. The summed E-state index contributed by atoms with van der Waals surface area (Å²) in [6, 6.07) is 4.03. The van der Waals surface area contributed by atoms with Crippen LogP contribution in [0.5, 0.6) is 0 Å². The molecule has 0 saturated heterocycles. The number of nitrogens with one attached hydrogen (secondary N) is 1. The molecule has 0 heterocycles. The topological polar surface area (TPSA) is 92.4 Å². The predicted molar refractivity (Wildman–Crippen MR) is 60.2 cm³/mol. The van der Waals surface area contributed by atoms with E-state index in [1.807, 2.05) is 0 Å². The number of anilines is 1. The fraction of sp³-hybridized carbons (Fsp3) is 0.273. The molecule has 1 rings (SSSR count). The van der Waals surface area contributed by atoms with Crippen LogP contribution in [0.1, 0.15) is 22.8 Å². The first-order valence-electron chi connectivity index (χ1n) is 4.82. The van der Waals surface area contributed by atoms with Crippen molar-refractivity contribution in [2.24, 2.45) is 0 Å². The first kappa shape index (κ1) is 12.0. The Kier molecular flexibility index (Phi) is 3.50. The van der Waals surface area contributed by atoms with E-state index in [9.17, 15) is 9.59 Å². The second-order valence-corrected chi connectivity index (χ2v) is 3.55. The van der Waals surface area contributed by atoms with Crippen molar-refractivity contribution in [2.75, 3.05) is 5.73 Å². The first-order valence-corrected chi connectivity index (χ1v) is 4.82. The molecule has 4 N–H and O–H groups in total.